The van der Waals surface area contributed by atoms with E-state index in [1.807, 2.05) is 24.3 Å². The van der Waals surface area contributed by atoms with Crippen LogP contribution in [0.3, 0.4) is 0 Å². The maximum atomic E-state index is 14.3. The van der Waals surface area contributed by atoms with Gasteiger partial charge in [0.2, 0.25) is 15.9 Å². The molecule has 3 aromatic rings. The molecule has 0 spiro atoms. The summed E-state index contributed by atoms with van der Waals surface area (Å²) in [5.41, 5.74) is 2.05. The molecule has 1 atom stereocenters. The van der Waals surface area contributed by atoms with E-state index in [0.29, 0.717) is 56.0 Å². The summed E-state index contributed by atoms with van der Waals surface area (Å²) >= 11 is 1.43. The number of anilines is 1. The molecule has 2 aromatic carbocycles. The topological polar surface area (TPSA) is 118 Å². The highest BCUT2D eigenvalue weighted by atomic mass is 32.2. The number of thiazole rings is 1. The van der Waals surface area contributed by atoms with Crippen LogP contribution < -0.4 is 10.0 Å². The number of amides is 1. The molecule has 2 N–H and O–H groups in total. The third kappa shape index (κ3) is 7.33. The number of carbonyl (C=O) groups is 2. The number of benzene rings is 2. The Hall–Kier alpha value is -3.09. The molecule has 9 nitrogen and oxygen atoms in total. The van der Waals surface area contributed by atoms with Gasteiger partial charge in [0.15, 0.2) is 0 Å². The second-order valence-electron chi connectivity index (χ2n) is 12.2. The number of nitrogens with zero attached hydrogens (tertiary/aromatic N) is 2. The van der Waals surface area contributed by atoms with E-state index in [4.69, 9.17) is 4.74 Å². The van der Waals surface area contributed by atoms with Crippen molar-refractivity contribution in [3.05, 3.63) is 52.5 Å². The molecule has 0 bridgehead atoms. The fraction of sp³-hybridized carbons (Fsp3) is 0.545. The molecule has 0 aliphatic carbocycles. The average molecular weight is 659 g/mol. The standard InChI is InChI=1S/C33H43FN4O5S2/c1-4-33(5-2)20-24-17-23(32(40)43-6-3)18-28(30(24)35-21-33)45(41,42)37-26(19-29-36-25-9-7-8-10-27(25)44-29)31(39)38-15-12-22(11-14-34)13-16-38/h7-10,17-18,22,26,35,37H,4-6,11-16,19-21H2,1-3H3/t26-/m0/s1. The molecule has 2 aliphatic heterocycles. The van der Waals surface area contributed by atoms with E-state index in [1.165, 1.54) is 17.4 Å². The van der Waals surface area contributed by atoms with Crippen molar-refractivity contribution in [2.75, 3.05) is 38.2 Å². The van der Waals surface area contributed by atoms with Gasteiger partial charge in [0, 0.05) is 26.1 Å². The Morgan fingerprint density at radius 3 is 2.58 bits per heavy atom. The minimum absolute atomic E-state index is 0.0732. The predicted molar refractivity (Wildman–Crippen MR) is 175 cm³/mol. The van der Waals surface area contributed by atoms with Gasteiger partial charge in [0.05, 0.1) is 39.8 Å². The number of halogens is 1. The van der Waals surface area contributed by atoms with Gasteiger partial charge in [-0.2, -0.15) is 4.72 Å². The number of likely N-dealkylation sites (tertiary alicyclic amines) is 1. The lowest BCUT2D eigenvalue weighted by Crippen LogP contribution is -2.51. The zero-order valence-corrected chi connectivity index (χ0v) is 27.9. The first-order valence-corrected chi connectivity index (χ1v) is 18.2. The molecule has 1 fully saturated rings. The van der Waals surface area contributed by atoms with Gasteiger partial charge in [0.25, 0.3) is 0 Å². The van der Waals surface area contributed by atoms with Crippen LogP contribution in [0.15, 0.2) is 41.3 Å². The van der Waals surface area contributed by atoms with Crippen LogP contribution in [0.5, 0.6) is 0 Å². The van der Waals surface area contributed by atoms with Gasteiger partial charge in [-0.15, -0.1) is 11.3 Å². The molecule has 2 aliphatic rings. The maximum absolute atomic E-state index is 14.3. The summed E-state index contributed by atoms with van der Waals surface area (Å²) in [7, 11) is -4.32. The van der Waals surface area contributed by atoms with Crippen LogP contribution in [0.1, 0.15) is 73.8 Å². The van der Waals surface area contributed by atoms with Crippen LogP contribution in [0.25, 0.3) is 10.2 Å². The third-order valence-corrected chi connectivity index (χ3v) is 12.0. The minimum atomic E-state index is -4.32. The number of rotatable bonds is 12. The first kappa shape index (κ1) is 33.3. The zero-order valence-electron chi connectivity index (χ0n) is 26.2. The van der Waals surface area contributed by atoms with Crippen LogP contribution in [0.2, 0.25) is 0 Å². The number of piperidine rings is 1. The number of fused-ring (bicyclic) bond motifs is 2. The monoisotopic (exact) mass is 658 g/mol. The number of carbonyl (C=O) groups excluding carboxylic acids is 2. The highest BCUT2D eigenvalue weighted by Crippen LogP contribution is 2.41. The number of aromatic nitrogens is 1. The van der Waals surface area contributed by atoms with Crippen LogP contribution in [0, 0.1) is 11.3 Å². The van der Waals surface area contributed by atoms with Crippen LogP contribution in [-0.2, 0) is 32.4 Å². The van der Waals surface area contributed by atoms with Gasteiger partial charge < -0.3 is 15.0 Å². The lowest BCUT2D eigenvalue weighted by Gasteiger charge is -2.38. The number of sulfonamides is 1. The Morgan fingerprint density at radius 2 is 1.91 bits per heavy atom. The Morgan fingerprint density at radius 1 is 1.18 bits per heavy atom. The largest absolute Gasteiger partial charge is 0.462 e. The molecule has 0 unspecified atom stereocenters. The molecule has 1 saturated heterocycles. The van der Waals surface area contributed by atoms with Gasteiger partial charge in [-0.1, -0.05) is 26.0 Å². The van der Waals surface area contributed by atoms with Crippen molar-refractivity contribution in [3.63, 3.8) is 0 Å². The van der Waals surface area contributed by atoms with Crippen molar-refractivity contribution in [1.29, 1.82) is 0 Å². The molecule has 244 valence electrons. The zero-order chi connectivity index (χ0) is 32.2. The molecular formula is C33H43FN4O5S2. The molecule has 1 amide bonds. The van der Waals surface area contributed by atoms with E-state index in [0.717, 1.165) is 28.6 Å². The number of hydrogen-bond donors (Lipinski definition) is 2. The lowest BCUT2D eigenvalue weighted by atomic mass is 9.74. The van der Waals surface area contributed by atoms with Crippen LogP contribution >= 0.6 is 11.3 Å². The third-order valence-electron chi connectivity index (χ3n) is 9.45. The first-order chi connectivity index (χ1) is 21.6. The number of hydrogen-bond acceptors (Lipinski definition) is 8. The summed E-state index contributed by atoms with van der Waals surface area (Å²) in [6.07, 6.45) is 4.28. The van der Waals surface area contributed by atoms with E-state index in [1.54, 1.807) is 17.9 Å². The maximum Gasteiger partial charge on any atom is 0.338 e. The molecule has 0 radical (unpaired) electrons. The first-order valence-electron chi connectivity index (χ1n) is 15.9. The van der Waals surface area contributed by atoms with Crippen molar-refractivity contribution >= 4 is 49.1 Å². The quantitative estimate of drug-likeness (QED) is 0.239. The summed E-state index contributed by atoms with van der Waals surface area (Å²) in [5, 5.41) is 4.01. The molecular weight excluding hydrogens is 616 g/mol. The summed E-state index contributed by atoms with van der Waals surface area (Å²) in [6, 6.07) is 9.58. The number of alkyl halides is 1. The number of para-hydroxylation sites is 1. The van der Waals surface area contributed by atoms with Gasteiger partial charge in [-0.3, -0.25) is 9.18 Å². The van der Waals surface area contributed by atoms with Crippen LogP contribution in [0.4, 0.5) is 10.1 Å². The van der Waals surface area contributed by atoms with Crippen molar-refractivity contribution in [2.45, 2.75) is 76.7 Å². The Labute approximate surface area is 269 Å². The minimum Gasteiger partial charge on any atom is -0.462 e. The van der Waals surface area contributed by atoms with Gasteiger partial charge >= 0.3 is 5.97 Å². The molecule has 1 aromatic heterocycles. The van der Waals surface area contributed by atoms with E-state index in [-0.39, 0.29) is 47.4 Å². The number of ether oxygens (including phenoxy) is 1. The lowest BCUT2D eigenvalue weighted by molar-refractivity contribution is -0.134. The summed E-state index contributed by atoms with van der Waals surface area (Å²) < 4.78 is 50.5. The van der Waals surface area contributed by atoms with Gasteiger partial charge in [-0.25, -0.2) is 18.2 Å². The number of esters is 1. The van der Waals surface area contributed by atoms with Gasteiger partial charge in [-0.05, 0) is 86.6 Å². The Bertz CT molecular complexity index is 1600. The van der Waals surface area contributed by atoms with Crippen LogP contribution in [-0.4, -0.2) is 69.1 Å². The molecule has 45 heavy (non-hydrogen) atoms. The summed E-state index contributed by atoms with van der Waals surface area (Å²) in [6.45, 7) is 7.17. The smallest absolute Gasteiger partial charge is 0.338 e. The predicted octanol–water partition coefficient (Wildman–Crippen LogP) is 5.74. The Balaban J connectivity index is 1.51. The fourth-order valence-corrected chi connectivity index (χ4v) is 8.93. The normalized spacial score (nSPS) is 17.5. The fourth-order valence-electron chi connectivity index (χ4n) is 6.48. The summed E-state index contributed by atoms with van der Waals surface area (Å²) in [4.78, 5) is 33.2. The highest BCUT2D eigenvalue weighted by Gasteiger charge is 2.38. The van der Waals surface area contributed by atoms with E-state index < -0.39 is 22.0 Å². The summed E-state index contributed by atoms with van der Waals surface area (Å²) in [5.74, 6) is -0.727. The van der Waals surface area contributed by atoms with E-state index in [2.05, 4.69) is 28.9 Å². The van der Waals surface area contributed by atoms with Crippen molar-refractivity contribution in [3.8, 4) is 0 Å². The van der Waals surface area contributed by atoms with Crippen molar-refractivity contribution in [1.82, 2.24) is 14.6 Å². The molecule has 12 heteroatoms. The Kier molecular flexibility index (Phi) is 10.4. The van der Waals surface area contributed by atoms with E-state index in [9.17, 15) is 22.4 Å². The van der Waals surface area contributed by atoms with Crippen molar-refractivity contribution in [2.24, 2.45) is 11.3 Å². The highest BCUT2D eigenvalue weighted by molar-refractivity contribution is 7.89. The average Bonchev–Trinajstić information content (AvgIpc) is 3.46. The number of nitrogens with one attached hydrogen (secondary N) is 2. The molecule has 3 heterocycles. The molecule has 0 saturated carbocycles. The van der Waals surface area contributed by atoms with E-state index >= 15 is 0 Å². The SMILES string of the molecule is CCOC(=O)c1cc2c(c(S(=O)(=O)N[C@@H](Cc3nc4ccccc4s3)C(=O)N3CCC(CCF)CC3)c1)NCC(CC)(CC)C2. The second-order valence-corrected chi connectivity index (χ2v) is 15.0. The second kappa shape index (κ2) is 14.1. The molecule has 5 rings (SSSR count). The van der Waals surface area contributed by atoms with Gasteiger partial charge in [0.1, 0.15) is 10.9 Å². The van der Waals surface area contributed by atoms with Crippen molar-refractivity contribution < 1.29 is 27.1 Å².